The van der Waals surface area contributed by atoms with Gasteiger partial charge in [0.1, 0.15) is 31.0 Å². The number of alkyl halides is 3. The lowest BCUT2D eigenvalue weighted by Crippen LogP contribution is -2.61. The fourth-order valence-corrected chi connectivity index (χ4v) is 3.75. The van der Waals surface area contributed by atoms with E-state index in [0.29, 0.717) is 0 Å². The van der Waals surface area contributed by atoms with Crippen LogP contribution in [0.2, 0.25) is 0 Å². The Bertz CT molecular complexity index is 1080. The van der Waals surface area contributed by atoms with E-state index >= 15 is 0 Å². The maximum absolute atomic E-state index is 11.6. The summed E-state index contributed by atoms with van der Waals surface area (Å²) < 4.78 is 26.9. The molecule has 0 bridgehead atoms. The molecular weight excluding hydrogens is 547 g/mol. The van der Waals surface area contributed by atoms with Crippen LogP contribution in [-0.4, -0.2) is 52.9 Å². The molecule has 1 aliphatic rings. The van der Waals surface area contributed by atoms with Crippen LogP contribution in [0, 0.1) is 5.41 Å². The number of nitrogens with one attached hydrogen (secondary N) is 1. The van der Waals surface area contributed by atoms with Crippen molar-refractivity contribution in [3.05, 3.63) is 82.2 Å². The van der Waals surface area contributed by atoms with Crippen LogP contribution in [0.1, 0.15) is 18.1 Å². The van der Waals surface area contributed by atoms with E-state index < -0.39 is 46.3 Å². The number of azide groups is 1. The number of hydrogen-bond acceptors (Lipinski definition) is 8. The highest BCUT2D eigenvalue weighted by atomic mass is 35.6. The molecular formula is C24H25Cl3N4O6. The Morgan fingerprint density at radius 2 is 1.57 bits per heavy atom. The molecule has 3 unspecified atom stereocenters. The highest BCUT2D eigenvalue weighted by Gasteiger charge is 2.50. The Hall–Kier alpha value is -2.56. The van der Waals surface area contributed by atoms with Crippen molar-refractivity contribution in [2.75, 3.05) is 6.61 Å². The summed E-state index contributed by atoms with van der Waals surface area (Å²) in [5, 5.41) is 11.8. The van der Waals surface area contributed by atoms with Gasteiger partial charge in [-0.1, -0.05) is 101 Å². The van der Waals surface area contributed by atoms with Crippen LogP contribution >= 0.6 is 34.8 Å². The van der Waals surface area contributed by atoms with Crippen LogP contribution in [0.4, 0.5) is 0 Å². The second-order valence-electron chi connectivity index (χ2n) is 8.01. The number of halogens is 3. The molecule has 2 aromatic carbocycles. The molecule has 0 aliphatic carbocycles. The average Bonchev–Trinajstić information content (AvgIpc) is 2.87. The number of esters is 1. The predicted molar refractivity (Wildman–Crippen MR) is 137 cm³/mol. The van der Waals surface area contributed by atoms with Crippen LogP contribution < -0.4 is 0 Å². The van der Waals surface area contributed by atoms with E-state index in [4.69, 9.17) is 63.9 Å². The number of carbonyl (C=O) groups is 1. The molecule has 0 radical (unpaired) electrons. The summed E-state index contributed by atoms with van der Waals surface area (Å²) in [6.07, 6.45) is -4.17. The van der Waals surface area contributed by atoms with Gasteiger partial charge in [0.15, 0.2) is 0 Å². The van der Waals surface area contributed by atoms with E-state index in [-0.39, 0.29) is 19.8 Å². The van der Waals surface area contributed by atoms with E-state index in [1.807, 2.05) is 60.7 Å². The van der Waals surface area contributed by atoms with Gasteiger partial charge in [-0.25, -0.2) is 0 Å². The molecule has 1 fully saturated rings. The summed E-state index contributed by atoms with van der Waals surface area (Å²) in [4.78, 5) is 14.5. The first-order valence-electron chi connectivity index (χ1n) is 11.2. The van der Waals surface area contributed by atoms with Crippen molar-refractivity contribution in [3.63, 3.8) is 0 Å². The molecule has 1 N–H and O–H groups in total. The second-order valence-corrected chi connectivity index (χ2v) is 10.3. The van der Waals surface area contributed by atoms with Crippen LogP contribution in [0.5, 0.6) is 0 Å². The zero-order chi connectivity index (χ0) is 26.8. The molecule has 5 atom stereocenters. The lowest BCUT2D eigenvalue weighted by Gasteiger charge is -2.44. The van der Waals surface area contributed by atoms with Crippen LogP contribution in [0.3, 0.4) is 0 Å². The number of nitrogens with zero attached hydrogens (tertiary/aromatic N) is 3. The molecule has 10 nitrogen and oxygen atoms in total. The van der Waals surface area contributed by atoms with E-state index in [9.17, 15) is 10.3 Å². The summed E-state index contributed by atoms with van der Waals surface area (Å²) in [5.41, 5.74) is 11.0. The molecule has 198 valence electrons. The van der Waals surface area contributed by atoms with Gasteiger partial charge in [-0.05, 0) is 16.7 Å². The van der Waals surface area contributed by atoms with Gasteiger partial charge in [-0.15, -0.1) is 0 Å². The SMILES string of the molecule is CC(=O)OCC1OC(OC(=N)C(Cl)(Cl)Cl)C(N=[N+]=[N-])[C@H](OCc2ccccc2)[C@H]1OCc1ccccc1. The Morgan fingerprint density at radius 1 is 1.03 bits per heavy atom. The molecule has 1 saturated heterocycles. The van der Waals surface area contributed by atoms with Crippen molar-refractivity contribution in [1.29, 1.82) is 5.41 Å². The number of rotatable bonds is 10. The summed E-state index contributed by atoms with van der Waals surface area (Å²) in [6, 6.07) is 17.5. The predicted octanol–water partition coefficient (Wildman–Crippen LogP) is 5.49. The van der Waals surface area contributed by atoms with E-state index in [1.165, 1.54) is 6.92 Å². The van der Waals surface area contributed by atoms with Gasteiger partial charge >= 0.3 is 5.97 Å². The maximum Gasteiger partial charge on any atom is 0.302 e. The van der Waals surface area contributed by atoms with Crippen molar-refractivity contribution in [2.24, 2.45) is 5.11 Å². The van der Waals surface area contributed by atoms with E-state index in [1.54, 1.807) is 0 Å². The van der Waals surface area contributed by atoms with Crippen LogP contribution in [0.15, 0.2) is 65.8 Å². The first kappa shape index (κ1) is 29.0. The largest absolute Gasteiger partial charge is 0.463 e. The van der Waals surface area contributed by atoms with Gasteiger partial charge in [0.2, 0.25) is 12.2 Å². The van der Waals surface area contributed by atoms with Crippen molar-refractivity contribution < 1.29 is 28.5 Å². The van der Waals surface area contributed by atoms with Crippen molar-refractivity contribution in [3.8, 4) is 0 Å². The van der Waals surface area contributed by atoms with Gasteiger partial charge in [0, 0.05) is 11.8 Å². The molecule has 0 amide bonds. The third kappa shape index (κ3) is 8.76. The first-order valence-corrected chi connectivity index (χ1v) is 12.3. The average molecular weight is 572 g/mol. The molecule has 37 heavy (non-hydrogen) atoms. The van der Waals surface area contributed by atoms with Crippen molar-refractivity contribution in [2.45, 2.75) is 54.6 Å². The molecule has 0 saturated carbocycles. The molecule has 0 aromatic heterocycles. The molecule has 3 rings (SSSR count). The van der Waals surface area contributed by atoms with Gasteiger partial charge in [-0.2, -0.15) is 0 Å². The third-order valence-corrected chi connectivity index (χ3v) is 5.83. The van der Waals surface area contributed by atoms with Gasteiger partial charge in [-0.3, -0.25) is 10.2 Å². The van der Waals surface area contributed by atoms with E-state index in [0.717, 1.165) is 11.1 Å². The Labute approximate surface area is 228 Å². The quantitative estimate of drug-likeness (QED) is 0.0762. The monoisotopic (exact) mass is 570 g/mol. The second kappa shape index (κ2) is 13.8. The third-order valence-electron chi connectivity index (χ3n) is 5.31. The van der Waals surface area contributed by atoms with Crippen LogP contribution in [-0.2, 0) is 41.7 Å². The number of ether oxygens (including phenoxy) is 5. The number of carbonyl (C=O) groups excluding carboxylic acids is 1. The minimum atomic E-state index is -2.20. The van der Waals surface area contributed by atoms with Crippen molar-refractivity contribution >= 4 is 46.7 Å². The zero-order valence-electron chi connectivity index (χ0n) is 19.7. The lowest BCUT2D eigenvalue weighted by atomic mass is 9.96. The van der Waals surface area contributed by atoms with Crippen molar-refractivity contribution in [1.82, 2.24) is 0 Å². The number of hydrogen-bond donors (Lipinski definition) is 1. The molecule has 0 spiro atoms. The highest BCUT2D eigenvalue weighted by Crippen LogP contribution is 2.34. The molecule has 1 heterocycles. The molecule has 2 aromatic rings. The summed E-state index contributed by atoms with van der Waals surface area (Å²) in [6.45, 7) is 1.31. The smallest absolute Gasteiger partial charge is 0.302 e. The Kier molecular flexibility index (Phi) is 10.8. The van der Waals surface area contributed by atoms with Gasteiger partial charge in [0.05, 0.1) is 13.2 Å². The molecule has 1 aliphatic heterocycles. The Balaban J connectivity index is 1.95. The van der Waals surface area contributed by atoms with Gasteiger partial charge < -0.3 is 23.7 Å². The van der Waals surface area contributed by atoms with Crippen LogP contribution in [0.25, 0.3) is 10.4 Å². The normalized spacial score (nSPS) is 23.5. The van der Waals surface area contributed by atoms with E-state index in [2.05, 4.69) is 10.0 Å². The topological polar surface area (TPSA) is 136 Å². The fraction of sp³-hybridized carbons (Fsp3) is 0.417. The maximum atomic E-state index is 11.6. The fourth-order valence-electron chi connectivity index (χ4n) is 3.61. The summed E-state index contributed by atoms with van der Waals surface area (Å²) in [5.74, 6) is -1.30. The standard InChI is InChI=1S/C24H25Cl3N4O6/c1-15(32)33-14-18-20(34-12-16-8-4-2-5-9-16)21(35-13-17-10-6-3-7-11-17)19(30-31-29)22(36-18)37-23(28)24(25,26)27/h2-11,18-22,28H,12-14H2,1H3/t18?,19?,20-,21-,22?/m0/s1. The highest BCUT2D eigenvalue weighted by molar-refractivity contribution is 6.76. The summed E-state index contributed by atoms with van der Waals surface area (Å²) in [7, 11) is 0. The lowest BCUT2D eigenvalue weighted by molar-refractivity contribution is -0.267. The summed E-state index contributed by atoms with van der Waals surface area (Å²) >= 11 is 17.4. The first-order chi connectivity index (χ1) is 17.7. The minimum Gasteiger partial charge on any atom is -0.463 e. The molecule has 13 heteroatoms. The Morgan fingerprint density at radius 3 is 2.05 bits per heavy atom. The zero-order valence-corrected chi connectivity index (χ0v) is 22.0. The minimum absolute atomic E-state index is 0.128. The number of benzene rings is 2. The van der Waals surface area contributed by atoms with Gasteiger partial charge in [0.25, 0.3) is 3.79 Å².